The van der Waals surface area contributed by atoms with Gasteiger partial charge >= 0.3 is 0 Å². The van der Waals surface area contributed by atoms with Gasteiger partial charge < -0.3 is 34.5 Å². The summed E-state index contributed by atoms with van der Waals surface area (Å²) in [6.07, 6.45) is 0.708. The summed E-state index contributed by atoms with van der Waals surface area (Å²) in [6, 6.07) is 18.1. The summed E-state index contributed by atoms with van der Waals surface area (Å²) in [6.45, 7) is 4.15. The van der Waals surface area contributed by atoms with Gasteiger partial charge in [0.05, 0.1) is 12.2 Å². The number of nitriles is 1. The minimum absolute atomic E-state index is 0.100. The summed E-state index contributed by atoms with van der Waals surface area (Å²) in [5, 5.41) is 33.3. The molecule has 1 fully saturated rings. The molecule has 1 amide bonds. The van der Waals surface area contributed by atoms with Crippen molar-refractivity contribution < 1.29 is 24.2 Å². The zero-order valence-electron chi connectivity index (χ0n) is 22.5. The molecule has 2 atom stereocenters. The van der Waals surface area contributed by atoms with E-state index in [9.17, 15) is 15.2 Å². The molecule has 206 valence electrons. The van der Waals surface area contributed by atoms with Crippen LogP contribution in [-0.4, -0.2) is 86.7 Å². The van der Waals surface area contributed by atoms with E-state index in [-0.39, 0.29) is 31.6 Å². The van der Waals surface area contributed by atoms with Crippen LogP contribution in [-0.2, 0) is 9.53 Å². The van der Waals surface area contributed by atoms with Crippen molar-refractivity contribution in [1.29, 1.82) is 5.26 Å². The van der Waals surface area contributed by atoms with Gasteiger partial charge in [0.1, 0.15) is 23.2 Å². The van der Waals surface area contributed by atoms with Gasteiger partial charge in [-0.1, -0.05) is 18.2 Å². The number of benzene rings is 2. The fraction of sp³-hybridized carbons (Fsp3) is 0.400. The zero-order chi connectivity index (χ0) is 27.8. The summed E-state index contributed by atoms with van der Waals surface area (Å²) < 4.78 is 11.2. The van der Waals surface area contributed by atoms with E-state index in [2.05, 4.69) is 52.5 Å². The lowest BCUT2D eigenvalue weighted by molar-refractivity contribution is -0.117. The number of amides is 1. The number of methoxy groups -OCH3 is 1. The van der Waals surface area contributed by atoms with Gasteiger partial charge in [0.15, 0.2) is 0 Å². The molecule has 9 nitrogen and oxygen atoms in total. The number of nitrogens with zero attached hydrogens (tertiary/aromatic N) is 3. The number of rotatable bonds is 11. The van der Waals surface area contributed by atoms with Crippen LogP contribution < -0.4 is 10.2 Å². The van der Waals surface area contributed by atoms with E-state index < -0.39 is 18.1 Å². The standard InChI is InChI=1S/C30H36N4O5/c1-33-10-12-34(13-11-33)25-6-5-21-15-23(4-3-22(21)16-25)29-8-7-27(39-29)17-24(19-31)30(37)32-20-28(38-2)18-26(36)9-14-35/h3-8,15-17,26,28,35-36H,9-14,18,20H2,1-2H3,(H,32,37)/b24-17+. The highest BCUT2D eigenvalue weighted by Crippen LogP contribution is 2.29. The summed E-state index contributed by atoms with van der Waals surface area (Å²) >= 11 is 0. The molecule has 3 aromatic rings. The normalized spacial score (nSPS) is 16.2. The first-order chi connectivity index (χ1) is 18.9. The quantitative estimate of drug-likeness (QED) is 0.255. The van der Waals surface area contributed by atoms with Crippen molar-refractivity contribution in [2.75, 3.05) is 58.4 Å². The van der Waals surface area contributed by atoms with Gasteiger partial charge in [0.25, 0.3) is 5.91 Å². The second kappa shape index (κ2) is 13.4. The minimum atomic E-state index is -0.738. The Morgan fingerprint density at radius 1 is 1.15 bits per heavy atom. The van der Waals surface area contributed by atoms with Crippen LogP contribution in [0.5, 0.6) is 0 Å². The molecular weight excluding hydrogens is 496 g/mol. The van der Waals surface area contributed by atoms with Gasteiger partial charge in [-0.25, -0.2) is 0 Å². The molecule has 2 aromatic carbocycles. The lowest BCUT2D eigenvalue weighted by Gasteiger charge is -2.34. The number of carbonyl (C=O) groups is 1. The lowest BCUT2D eigenvalue weighted by atomic mass is 10.0. The third-order valence-corrected chi connectivity index (χ3v) is 7.08. The van der Waals surface area contributed by atoms with Crippen molar-refractivity contribution >= 4 is 28.4 Å². The summed E-state index contributed by atoms with van der Waals surface area (Å²) in [5.41, 5.74) is 2.03. The molecule has 39 heavy (non-hydrogen) atoms. The number of aliphatic hydroxyl groups is 2. The van der Waals surface area contributed by atoms with E-state index >= 15 is 0 Å². The van der Waals surface area contributed by atoms with Crippen molar-refractivity contribution in [3.05, 3.63) is 59.9 Å². The SMILES string of the molecule is COC(CNC(=O)/C(C#N)=C/c1ccc(-c2ccc3cc(N4CCN(C)CC4)ccc3c2)o1)CC(O)CCO. The number of anilines is 1. The van der Waals surface area contributed by atoms with Crippen molar-refractivity contribution in [2.24, 2.45) is 0 Å². The largest absolute Gasteiger partial charge is 0.457 e. The number of likely N-dealkylation sites (N-methyl/N-ethyl adjacent to an activating group) is 1. The van der Waals surface area contributed by atoms with Crippen molar-refractivity contribution in [3.63, 3.8) is 0 Å². The number of carbonyl (C=O) groups excluding carboxylic acids is 1. The topological polar surface area (TPSA) is 122 Å². The molecule has 9 heteroatoms. The van der Waals surface area contributed by atoms with Crippen molar-refractivity contribution in [2.45, 2.75) is 25.0 Å². The highest BCUT2D eigenvalue weighted by molar-refractivity contribution is 6.01. The maximum atomic E-state index is 12.6. The van der Waals surface area contributed by atoms with Gasteiger partial charge in [0, 0.05) is 70.2 Å². The average molecular weight is 533 g/mol. The number of piperazine rings is 1. The van der Waals surface area contributed by atoms with Crippen molar-refractivity contribution in [3.8, 4) is 17.4 Å². The van der Waals surface area contributed by atoms with Crippen LogP contribution in [0, 0.1) is 11.3 Å². The Labute approximate surface area is 228 Å². The molecule has 1 saturated heterocycles. The molecule has 0 spiro atoms. The first-order valence-corrected chi connectivity index (χ1v) is 13.2. The Hall–Kier alpha value is -3.68. The van der Waals surface area contributed by atoms with Gasteiger partial charge in [-0.2, -0.15) is 5.26 Å². The molecule has 2 heterocycles. The Bertz CT molecular complexity index is 1340. The first kappa shape index (κ1) is 28.3. The van der Waals surface area contributed by atoms with Gasteiger partial charge in [-0.3, -0.25) is 4.79 Å². The van der Waals surface area contributed by atoms with E-state index in [0.29, 0.717) is 11.5 Å². The highest BCUT2D eigenvalue weighted by atomic mass is 16.5. The third kappa shape index (κ3) is 7.46. The molecule has 0 bridgehead atoms. The Kier molecular flexibility index (Phi) is 9.74. The number of fused-ring (bicyclic) bond motifs is 1. The van der Waals surface area contributed by atoms with Gasteiger partial charge in [0.2, 0.25) is 0 Å². The Balaban J connectivity index is 1.42. The van der Waals surface area contributed by atoms with E-state index in [1.54, 1.807) is 6.07 Å². The molecule has 0 saturated carbocycles. The summed E-state index contributed by atoms with van der Waals surface area (Å²) in [5.74, 6) is 0.473. The smallest absolute Gasteiger partial charge is 0.262 e. The molecule has 1 aliphatic heterocycles. The number of ether oxygens (including phenoxy) is 1. The number of aliphatic hydroxyl groups excluding tert-OH is 2. The van der Waals surface area contributed by atoms with E-state index in [1.165, 1.54) is 18.9 Å². The molecule has 3 N–H and O–H groups in total. The summed E-state index contributed by atoms with van der Waals surface area (Å²) in [4.78, 5) is 17.3. The predicted octanol–water partition coefficient (Wildman–Crippen LogP) is 3.02. The monoisotopic (exact) mass is 532 g/mol. The molecule has 0 radical (unpaired) electrons. The number of nitrogens with one attached hydrogen (secondary N) is 1. The van der Waals surface area contributed by atoms with Crippen LogP contribution in [0.3, 0.4) is 0 Å². The molecule has 2 unspecified atom stereocenters. The van der Waals surface area contributed by atoms with Gasteiger partial charge in [-0.05, 0) is 54.6 Å². The van der Waals surface area contributed by atoms with E-state index in [1.807, 2.05) is 18.2 Å². The first-order valence-electron chi connectivity index (χ1n) is 13.2. The molecule has 1 aliphatic rings. The zero-order valence-corrected chi connectivity index (χ0v) is 22.5. The highest BCUT2D eigenvalue weighted by Gasteiger charge is 2.18. The molecule has 1 aromatic heterocycles. The third-order valence-electron chi connectivity index (χ3n) is 7.08. The predicted molar refractivity (Wildman–Crippen MR) is 151 cm³/mol. The molecular formula is C30H36N4O5. The number of hydrogen-bond donors (Lipinski definition) is 3. The summed E-state index contributed by atoms with van der Waals surface area (Å²) in [7, 11) is 3.63. The van der Waals surface area contributed by atoms with Crippen LogP contribution in [0.2, 0.25) is 0 Å². The fourth-order valence-electron chi connectivity index (χ4n) is 4.66. The average Bonchev–Trinajstić information content (AvgIpc) is 3.42. The van der Waals surface area contributed by atoms with Crippen LogP contribution in [0.1, 0.15) is 18.6 Å². The van der Waals surface area contributed by atoms with E-state index in [0.717, 1.165) is 42.5 Å². The lowest BCUT2D eigenvalue weighted by Crippen LogP contribution is -2.44. The second-order valence-electron chi connectivity index (χ2n) is 9.88. The van der Waals surface area contributed by atoms with Crippen LogP contribution >= 0.6 is 0 Å². The van der Waals surface area contributed by atoms with Crippen molar-refractivity contribution in [1.82, 2.24) is 10.2 Å². The maximum absolute atomic E-state index is 12.6. The van der Waals surface area contributed by atoms with Gasteiger partial charge in [-0.15, -0.1) is 0 Å². The minimum Gasteiger partial charge on any atom is -0.457 e. The molecule has 4 rings (SSSR count). The van der Waals surface area contributed by atoms with E-state index in [4.69, 9.17) is 14.3 Å². The second-order valence-corrected chi connectivity index (χ2v) is 9.88. The number of furan rings is 1. The maximum Gasteiger partial charge on any atom is 0.262 e. The number of hydrogen-bond acceptors (Lipinski definition) is 8. The fourth-order valence-corrected chi connectivity index (χ4v) is 4.66. The van der Waals surface area contributed by atoms with Crippen LogP contribution in [0.25, 0.3) is 28.2 Å². The van der Waals surface area contributed by atoms with Crippen LogP contribution in [0.15, 0.2) is 58.5 Å². The van der Waals surface area contributed by atoms with Crippen LogP contribution in [0.4, 0.5) is 5.69 Å². The Morgan fingerprint density at radius 3 is 2.62 bits per heavy atom. The Morgan fingerprint density at radius 2 is 1.90 bits per heavy atom. The molecule has 0 aliphatic carbocycles.